The Hall–Kier alpha value is -1.24. The third kappa shape index (κ3) is 4.12. The molecule has 0 saturated carbocycles. The Bertz CT molecular complexity index is 354. The molecule has 2 nitrogen and oxygen atoms in total. The quantitative estimate of drug-likeness (QED) is 0.415. The zero-order valence-corrected chi connectivity index (χ0v) is 9.54. The van der Waals surface area contributed by atoms with Gasteiger partial charge < -0.3 is 10.5 Å². The van der Waals surface area contributed by atoms with Crippen molar-refractivity contribution in [3.8, 4) is 11.5 Å². The van der Waals surface area contributed by atoms with Crippen LogP contribution in [-0.2, 0) is 6.42 Å². The molecule has 0 aliphatic heterocycles. The molecule has 0 bridgehead atoms. The molecule has 0 radical (unpaired) electrons. The van der Waals surface area contributed by atoms with Crippen molar-refractivity contribution < 1.29 is 4.80 Å². The van der Waals surface area contributed by atoms with Crippen LogP contribution in [0.4, 0.5) is 5.69 Å². The van der Waals surface area contributed by atoms with Gasteiger partial charge in [-0.3, -0.25) is 0 Å². The minimum absolute atomic E-state index is 0.678. The highest BCUT2D eigenvalue weighted by atomic mass is 28.4. The predicted molar refractivity (Wildman–Crippen MR) is 62.0 cm³/mol. The van der Waals surface area contributed by atoms with Crippen LogP contribution in [0.5, 0.6) is 0 Å². The first-order chi connectivity index (χ1) is 6.47. The predicted octanol–water partition coefficient (Wildman–Crippen LogP) is 1.55. The molecule has 1 aromatic carbocycles. The molecule has 0 spiro atoms. The molecule has 14 heavy (non-hydrogen) atoms. The van der Waals surface area contributed by atoms with Crippen molar-refractivity contribution in [3.05, 3.63) is 29.8 Å². The van der Waals surface area contributed by atoms with Crippen LogP contribution >= 0.6 is 0 Å². The molecular formula is C11H15NOSi. The summed E-state index contributed by atoms with van der Waals surface area (Å²) in [5, 5.41) is 0. The molecule has 0 fully saturated rings. The van der Waals surface area contributed by atoms with Gasteiger partial charge in [-0.2, -0.15) is 0 Å². The van der Waals surface area contributed by atoms with Crippen LogP contribution in [0.25, 0.3) is 0 Å². The van der Waals surface area contributed by atoms with Crippen LogP contribution in [0.1, 0.15) is 5.56 Å². The lowest BCUT2D eigenvalue weighted by molar-refractivity contribution is 0.570. The second-order valence-corrected chi connectivity index (χ2v) is 7.15. The summed E-state index contributed by atoms with van der Waals surface area (Å²) in [6, 6.07) is 7.63. The Morgan fingerprint density at radius 1 is 1.29 bits per heavy atom. The summed E-state index contributed by atoms with van der Waals surface area (Å²) in [6.45, 7) is 3.62. The van der Waals surface area contributed by atoms with E-state index >= 15 is 0 Å². The fourth-order valence-electron chi connectivity index (χ4n) is 0.998. The van der Waals surface area contributed by atoms with Gasteiger partial charge in [0.1, 0.15) is 0 Å². The first-order valence-corrected chi connectivity index (χ1v) is 7.49. The molecule has 74 valence electrons. The van der Waals surface area contributed by atoms with E-state index in [0.717, 1.165) is 11.3 Å². The molecule has 3 heteroatoms. The molecule has 3 N–H and O–H groups in total. The molecule has 0 saturated heterocycles. The Labute approximate surface area is 85.9 Å². The number of anilines is 1. The van der Waals surface area contributed by atoms with Crippen molar-refractivity contribution in [2.45, 2.75) is 19.5 Å². The number of hydrogen-bond acceptors (Lipinski definition) is 2. The summed E-state index contributed by atoms with van der Waals surface area (Å²) in [7, 11) is -2.21. The maximum atomic E-state index is 9.49. The van der Waals surface area contributed by atoms with E-state index in [4.69, 9.17) is 5.73 Å². The Balaban J connectivity index is 2.61. The molecular weight excluding hydrogens is 190 g/mol. The van der Waals surface area contributed by atoms with Gasteiger partial charge in [-0.05, 0) is 30.8 Å². The molecule has 0 aromatic heterocycles. The second kappa shape index (κ2) is 4.31. The molecule has 0 unspecified atom stereocenters. The van der Waals surface area contributed by atoms with Gasteiger partial charge in [-0.15, -0.1) is 5.92 Å². The van der Waals surface area contributed by atoms with Crippen LogP contribution in [-0.4, -0.2) is 13.1 Å². The van der Waals surface area contributed by atoms with Crippen molar-refractivity contribution in [3.63, 3.8) is 0 Å². The topological polar surface area (TPSA) is 46.2 Å². The van der Waals surface area contributed by atoms with Gasteiger partial charge in [0.25, 0.3) is 8.32 Å². The molecule has 1 rings (SSSR count). The number of benzene rings is 1. The van der Waals surface area contributed by atoms with Gasteiger partial charge in [0.05, 0.1) is 0 Å². The standard InChI is InChI=1S/C11H15NOSi/c1-14(2,13)9-3-4-10-5-7-11(12)8-6-10/h5-8,13H,4,12H2,1-2H3. The van der Waals surface area contributed by atoms with E-state index in [9.17, 15) is 4.80 Å². The SMILES string of the molecule is C[Si](C)(O)C#CCc1ccc(N)cc1. The monoisotopic (exact) mass is 205 g/mol. The number of nitrogen functional groups attached to an aromatic ring is 1. The van der Waals surface area contributed by atoms with Crippen LogP contribution in [0.2, 0.25) is 13.1 Å². The summed E-state index contributed by atoms with van der Waals surface area (Å²) in [5.74, 6) is 2.98. The van der Waals surface area contributed by atoms with Gasteiger partial charge >= 0.3 is 0 Å². The highest BCUT2D eigenvalue weighted by Gasteiger charge is 2.11. The van der Waals surface area contributed by atoms with Gasteiger partial charge in [0.2, 0.25) is 0 Å². The number of nitrogens with two attached hydrogens (primary N) is 1. The molecule has 0 heterocycles. The van der Waals surface area contributed by atoms with Crippen molar-refractivity contribution in [1.29, 1.82) is 0 Å². The summed E-state index contributed by atoms with van der Waals surface area (Å²) in [5.41, 5.74) is 10.3. The first-order valence-electron chi connectivity index (χ1n) is 4.54. The van der Waals surface area contributed by atoms with Gasteiger partial charge in [0.15, 0.2) is 0 Å². The lowest BCUT2D eigenvalue weighted by atomic mass is 10.1. The van der Waals surface area contributed by atoms with Crippen molar-refractivity contribution in [2.75, 3.05) is 5.73 Å². The average Bonchev–Trinajstić information content (AvgIpc) is 2.06. The largest absolute Gasteiger partial charge is 0.422 e. The number of hydrogen-bond donors (Lipinski definition) is 2. The van der Waals surface area contributed by atoms with Crippen molar-refractivity contribution in [2.24, 2.45) is 0 Å². The van der Waals surface area contributed by atoms with Crippen LogP contribution < -0.4 is 5.73 Å². The third-order valence-electron chi connectivity index (χ3n) is 1.67. The van der Waals surface area contributed by atoms with Crippen LogP contribution in [0.3, 0.4) is 0 Å². The lowest BCUT2D eigenvalue weighted by Crippen LogP contribution is -2.22. The van der Waals surface area contributed by atoms with Crippen LogP contribution in [0.15, 0.2) is 24.3 Å². The zero-order chi connectivity index (χ0) is 10.6. The van der Waals surface area contributed by atoms with E-state index in [-0.39, 0.29) is 0 Å². The van der Waals surface area contributed by atoms with E-state index in [1.54, 1.807) is 0 Å². The van der Waals surface area contributed by atoms with Gasteiger partial charge in [-0.25, -0.2) is 0 Å². The van der Waals surface area contributed by atoms with E-state index in [1.165, 1.54) is 0 Å². The summed E-state index contributed by atoms with van der Waals surface area (Å²) >= 11 is 0. The average molecular weight is 205 g/mol. The molecule has 0 atom stereocenters. The minimum atomic E-state index is -2.21. The minimum Gasteiger partial charge on any atom is -0.422 e. The van der Waals surface area contributed by atoms with E-state index in [1.807, 2.05) is 37.4 Å². The lowest BCUT2D eigenvalue weighted by Gasteiger charge is -2.01. The molecule has 0 aliphatic rings. The van der Waals surface area contributed by atoms with Gasteiger partial charge in [0, 0.05) is 12.1 Å². The van der Waals surface area contributed by atoms with Gasteiger partial charge in [-0.1, -0.05) is 17.7 Å². The van der Waals surface area contributed by atoms with E-state index in [2.05, 4.69) is 11.5 Å². The van der Waals surface area contributed by atoms with Crippen LogP contribution in [0, 0.1) is 11.5 Å². The Kier molecular flexibility index (Phi) is 3.34. The van der Waals surface area contributed by atoms with Crippen molar-refractivity contribution >= 4 is 14.0 Å². The molecule has 1 aromatic rings. The Morgan fingerprint density at radius 3 is 2.36 bits per heavy atom. The first kappa shape index (κ1) is 10.8. The zero-order valence-electron chi connectivity index (χ0n) is 8.54. The highest BCUT2D eigenvalue weighted by molar-refractivity contribution is 6.78. The third-order valence-corrected chi connectivity index (χ3v) is 2.46. The molecule has 0 aliphatic carbocycles. The fraction of sp³-hybridized carbons (Fsp3) is 0.273. The molecule has 0 amide bonds. The van der Waals surface area contributed by atoms with Crippen molar-refractivity contribution in [1.82, 2.24) is 0 Å². The second-order valence-electron chi connectivity index (χ2n) is 3.78. The van der Waals surface area contributed by atoms with E-state index < -0.39 is 8.32 Å². The summed E-state index contributed by atoms with van der Waals surface area (Å²) < 4.78 is 0. The number of rotatable bonds is 1. The maximum absolute atomic E-state index is 9.49. The fourth-order valence-corrected chi connectivity index (χ4v) is 1.52. The summed E-state index contributed by atoms with van der Waals surface area (Å²) in [4.78, 5) is 9.49. The smallest absolute Gasteiger partial charge is 0.263 e. The summed E-state index contributed by atoms with van der Waals surface area (Å²) in [6.07, 6.45) is 0.678. The van der Waals surface area contributed by atoms with E-state index in [0.29, 0.717) is 6.42 Å². The Morgan fingerprint density at radius 2 is 1.86 bits per heavy atom. The normalized spacial score (nSPS) is 10.5. The highest BCUT2D eigenvalue weighted by Crippen LogP contribution is 2.05. The maximum Gasteiger partial charge on any atom is 0.263 e.